The van der Waals surface area contributed by atoms with Gasteiger partial charge in [-0.25, -0.2) is 15.0 Å². The van der Waals surface area contributed by atoms with Gasteiger partial charge in [0, 0.05) is 54.3 Å². The minimum atomic E-state index is -0.213. The molecule has 0 bridgehead atoms. The fourth-order valence-electron chi connectivity index (χ4n) is 3.20. The molecule has 1 saturated heterocycles. The minimum absolute atomic E-state index is 0.213. The Balaban J connectivity index is 1.46. The number of anilines is 3. The van der Waals surface area contributed by atoms with E-state index in [4.69, 9.17) is 0 Å². The predicted molar refractivity (Wildman–Crippen MR) is 122 cm³/mol. The molecule has 0 atom stereocenters. The second-order valence-electron chi connectivity index (χ2n) is 6.89. The molecule has 0 unspecified atom stereocenters. The third-order valence-corrected chi connectivity index (χ3v) is 5.20. The van der Waals surface area contributed by atoms with Crippen molar-refractivity contribution in [2.45, 2.75) is 0 Å². The average Bonchev–Trinajstić information content (AvgIpc) is 2.75. The van der Waals surface area contributed by atoms with E-state index in [1.165, 1.54) is 6.33 Å². The monoisotopic (exact) mass is 467 g/mol. The number of fused-ring (bicyclic) bond motifs is 1. The van der Waals surface area contributed by atoms with Crippen molar-refractivity contribution in [2.75, 3.05) is 43.4 Å². The maximum Gasteiger partial charge on any atom is 0.249 e. The van der Waals surface area contributed by atoms with Crippen LogP contribution in [0.25, 0.3) is 10.9 Å². The molecule has 1 aliphatic heterocycles. The molecule has 9 heteroatoms. The number of hydrogen-bond acceptors (Lipinski definition) is 7. The second-order valence-corrected chi connectivity index (χ2v) is 7.80. The van der Waals surface area contributed by atoms with Gasteiger partial charge >= 0.3 is 0 Å². The highest BCUT2D eigenvalue weighted by molar-refractivity contribution is 9.10. The van der Waals surface area contributed by atoms with Gasteiger partial charge in [0.2, 0.25) is 5.91 Å². The van der Waals surface area contributed by atoms with Crippen LogP contribution in [-0.4, -0.2) is 58.5 Å². The van der Waals surface area contributed by atoms with Gasteiger partial charge in [0.15, 0.2) is 0 Å². The topological polar surface area (TPSA) is 95.1 Å². The van der Waals surface area contributed by atoms with Crippen LogP contribution in [0.2, 0.25) is 0 Å². The van der Waals surface area contributed by atoms with Gasteiger partial charge in [-0.2, -0.15) is 0 Å². The van der Waals surface area contributed by atoms with Crippen LogP contribution >= 0.6 is 15.9 Å². The summed E-state index contributed by atoms with van der Waals surface area (Å²) in [7, 11) is 0. The molecule has 2 aromatic heterocycles. The molecule has 1 fully saturated rings. The van der Waals surface area contributed by atoms with Crippen molar-refractivity contribution in [1.29, 1.82) is 0 Å². The van der Waals surface area contributed by atoms with Crippen molar-refractivity contribution in [3.8, 4) is 0 Å². The zero-order valence-corrected chi connectivity index (χ0v) is 17.9. The quantitative estimate of drug-likeness (QED) is 0.479. The van der Waals surface area contributed by atoms with E-state index in [0.717, 1.165) is 48.3 Å². The summed E-state index contributed by atoms with van der Waals surface area (Å²) in [4.78, 5) is 27.5. The molecule has 1 amide bonds. The van der Waals surface area contributed by atoms with Crippen LogP contribution in [0.4, 0.5) is 17.3 Å². The Bertz CT molecular complexity index is 1070. The number of rotatable bonds is 6. The lowest BCUT2D eigenvalue weighted by Crippen LogP contribution is -2.43. The van der Waals surface area contributed by atoms with Crippen molar-refractivity contribution in [2.24, 2.45) is 0 Å². The Labute approximate surface area is 182 Å². The molecule has 30 heavy (non-hydrogen) atoms. The molecule has 3 heterocycles. The number of carbonyl (C=O) groups is 1. The summed E-state index contributed by atoms with van der Waals surface area (Å²) >= 11 is 3.47. The second kappa shape index (κ2) is 9.75. The minimum Gasteiger partial charge on any atom is -0.340 e. The van der Waals surface area contributed by atoms with Gasteiger partial charge in [0.25, 0.3) is 0 Å². The maximum absolute atomic E-state index is 12.3. The molecular formula is C21H22BrN7O. The SMILES string of the molecule is O=C(/C=C/CN1CCNCC1)Nc1cc2c(Nc3cccc(Br)c3)ncnc2cn1. The predicted octanol–water partition coefficient (Wildman–Crippen LogP) is 2.93. The van der Waals surface area contributed by atoms with Crippen LogP contribution in [0.1, 0.15) is 0 Å². The highest BCUT2D eigenvalue weighted by Crippen LogP contribution is 2.25. The molecule has 3 N–H and O–H groups in total. The van der Waals surface area contributed by atoms with Crippen molar-refractivity contribution in [1.82, 2.24) is 25.2 Å². The van der Waals surface area contributed by atoms with E-state index in [1.807, 2.05) is 30.3 Å². The molecule has 0 radical (unpaired) electrons. The number of pyridine rings is 1. The van der Waals surface area contributed by atoms with Gasteiger partial charge in [0.1, 0.15) is 18.0 Å². The number of hydrogen-bond donors (Lipinski definition) is 3. The standard InChI is InChI=1S/C21H22BrN7O/c22-15-3-1-4-16(11-15)27-21-17-12-19(24-13-18(17)25-14-26-21)28-20(30)5-2-8-29-9-6-23-7-10-29/h1-5,11-14,23H,6-10H2,(H,24,28,30)(H,25,26,27)/b5-2+. The van der Waals surface area contributed by atoms with E-state index < -0.39 is 0 Å². The maximum atomic E-state index is 12.3. The van der Waals surface area contributed by atoms with Crippen molar-refractivity contribution >= 4 is 50.1 Å². The van der Waals surface area contributed by atoms with Gasteiger partial charge < -0.3 is 16.0 Å². The van der Waals surface area contributed by atoms with Crippen LogP contribution in [0.5, 0.6) is 0 Å². The summed E-state index contributed by atoms with van der Waals surface area (Å²) in [6, 6.07) is 9.58. The lowest BCUT2D eigenvalue weighted by Gasteiger charge is -2.25. The number of halogens is 1. The van der Waals surface area contributed by atoms with Gasteiger partial charge in [-0.05, 0) is 24.3 Å². The lowest BCUT2D eigenvalue weighted by molar-refractivity contribution is -0.111. The first kappa shape index (κ1) is 20.4. The lowest BCUT2D eigenvalue weighted by atomic mass is 10.2. The normalized spacial score (nSPS) is 14.8. The van der Waals surface area contributed by atoms with Crippen molar-refractivity contribution in [3.63, 3.8) is 0 Å². The van der Waals surface area contributed by atoms with Crippen LogP contribution in [0.15, 0.2) is 59.5 Å². The van der Waals surface area contributed by atoms with Crippen molar-refractivity contribution in [3.05, 3.63) is 59.5 Å². The number of amides is 1. The van der Waals surface area contributed by atoms with E-state index in [-0.39, 0.29) is 5.91 Å². The summed E-state index contributed by atoms with van der Waals surface area (Å²) in [6.07, 6.45) is 6.55. The molecule has 1 aromatic carbocycles. The zero-order chi connectivity index (χ0) is 20.8. The molecule has 8 nitrogen and oxygen atoms in total. The Hall–Kier alpha value is -2.88. The Morgan fingerprint density at radius 3 is 2.90 bits per heavy atom. The first-order chi connectivity index (χ1) is 14.7. The Kier molecular flexibility index (Phi) is 6.63. The van der Waals surface area contributed by atoms with Crippen LogP contribution in [-0.2, 0) is 4.79 Å². The average molecular weight is 468 g/mol. The number of aromatic nitrogens is 3. The molecule has 0 spiro atoms. The Morgan fingerprint density at radius 2 is 2.07 bits per heavy atom. The highest BCUT2D eigenvalue weighted by atomic mass is 79.9. The number of piperazine rings is 1. The number of carbonyl (C=O) groups excluding carboxylic acids is 1. The molecule has 4 rings (SSSR count). The third kappa shape index (κ3) is 5.38. The van der Waals surface area contributed by atoms with E-state index >= 15 is 0 Å². The fraction of sp³-hybridized carbons (Fsp3) is 0.238. The number of nitrogens with one attached hydrogen (secondary N) is 3. The van der Waals surface area contributed by atoms with Crippen LogP contribution in [0.3, 0.4) is 0 Å². The zero-order valence-electron chi connectivity index (χ0n) is 16.3. The number of benzene rings is 1. The van der Waals surface area contributed by atoms with E-state index in [0.29, 0.717) is 17.2 Å². The first-order valence-corrected chi connectivity index (χ1v) is 10.5. The van der Waals surface area contributed by atoms with Crippen LogP contribution < -0.4 is 16.0 Å². The van der Waals surface area contributed by atoms with E-state index in [2.05, 4.69) is 51.7 Å². The summed E-state index contributed by atoms with van der Waals surface area (Å²) in [5.74, 6) is 0.881. The largest absolute Gasteiger partial charge is 0.340 e. The molecule has 3 aromatic rings. The van der Waals surface area contributed by atoms with Gasteiger partial charge in [-0.15, -0.1) is 0 Å². The van der Waals surface area contributed by atoms with E-state index in [9.17, 15) is 4.79 Å². The summed E-state index contributed by atoms with van der Waals surface area (Å²) in [5.41, 5.74) is 1.58. The van der Waals surface area contributed by atoms with Crippen molar-refractivity contribution < 1.29 is 4.79 Å². The fourth-order valence-corrected chi connectivity index (χ4v) is 3.60. The van der Waals surface area contributed by atoms with Crippen LogP contribution in [0, 0.1) is 0 Å². The van der Waals surface area contributed by atoms with E-state index in [1.54, 1.807) is 18.3 Å². The molecular weight excluding hydrogens is 446 g/mol. The smallest absolute Gasteiger partial charge is 0.249 e. The summed E-state index contributed by atoms with van der Waals surface area (Å²) in [5, 5.41) is 10.2. The molecule has 0 aliphatic carbocycles. The summed E-state index contributed by atoms with van der Waals surface area (Å²) in [6.45, 7) is 4.71. The van der Waals surface area contributed by atoms with Gasteiger partial charge in [-0.1, -0.05) is 28.1 Å². The molecule has 154 valence electrons. The first-order valence-electron chi connectivity index (χ1n) is 9.71. The highest BCUT2D eigenvalue weighted by Gasteiger charge is 2.09. The molecule has 1 aliphatic rings. The third-order valence-electron chi connectivity index (χ3n) is 4.70. The van der Waals surface area contributed by atoms with Gasteiger partial charge in [-0.3, -0.25) is 9.69 Å². The number of nitrogens with zero attached hydrogens (tertiary/aromatic N) is 4. The molecule has 0 saturated carbocycles. The van der Waals surface area contributed by atoms with Gasteiger partial charge in [0.05, 0.1) is 11.7 Å². The summed E-state index contributed by atoms with van der Waals surface area (Å²) < 4.78 is 0.966. The Morgan fingerprint density at radius 1 is 1.20 bits per heavy atom.